The molecule has 0 unspecified atom stereocenters. The number of hydrogen-bond donors (Lipinski definition) is 1. The summed E-state index contributed by atoms with van der Waals surface area (Å²) in [4.78, 5) is 24.4. The Morgan fingerprint density at radius 3 is 2.80 bits per heavy atom. The molecule has 0 fully saturated rings. The van der Waals surface area contributed by atoms with E-state index in [2.05, 4.69) is 29.9 Å². The maximum atomic E-state index is 12.3. The van der Waals surface area contributed by atoms with E-state index in [9.17, 15) is 4.79 Å². The van der Waals surface area contributed by atoms with Crippen LogP contribution in [-0.2, 0) is 12.0 Å². The van der Waals surface area contributed by atoms with Crippen LogP contribution in [0.1, 0.15) is 42.9 Å². The zero-order valence-corrected chi connectivity index (χ0v) is 12.1. The summed E-state index contributed by atoms with van der Waals surface area (Å²) in [6.45, 7) is 5.41. The Balaban J connectivity index is 2.24. The van der Waals surface area contributed by atoms with Crippen molar-refractivity contribution in [1.82, 2.24) is 25.4 Å². The van der Waals surface area contributed by atoms with Crippen LogP contribution in [-0.4, -0.2) is 26.0 Å². The first-order valence-corrected chi connectivity index (χ1v) is 6.42. The molecule has 0 bridgehead atoms. The highest BCUT2D eigenvalue weighted by Gasteiger charge is 2.29. The van der Waals surface area contributed by atoms with Crippen LogP contribution < -0.4 is 5.32 Å². The number of hydrogen-bond acceptors (Lipinski definition) is 6. The summed E-state index contributed by atoms with van der Waals surface area (Å²) >= 11 is 5.97. The zero-order chi connectivity index (χ0) is 14.8. The molecular weight excluding hydrogens is 282 g/mol. The lowest BCUT2D eigenvalue weighted by molar-refractivity contribution is 0.0902. The second-order valence-electron chi connectivity index (χ2n) is 4.67. The third kappa shape index (κ3) is 2.93. The second kappa shape index (κ2) is 5.54. The minimum atomic E-state index is -0.801. The van der Waals surface area contributed by atoms with Gasteiger partial charge in [-0.25, -0.2) is 9.97 Å². The number of nitrogens with one attached hydrogen (secondary N) is 1. The van der Waals surface area contributed by atoms with Crippen molar-refractivity contribution in [2.45, 2.75) is 32.7 Å². The van der Waals surface area contributed by atoms with E-state index in [0.29, 0.717) is 18.1 Å². The number of amides is 1. The van der Waals surface area contributed by atoms with Crippen molar-refractivity contribution >= 4 is 17.5 Å². The lowest BCUT2D eigenvalue weighted by Crippen LogP contribution is -2.42. The van der Waals surface area contributed by atoms with Gasteiger partial charge in [-0.3, -0.25) is 4.79 Å². The van der Waals surface area contributed by atoms with Crippen molar-refractivity contribution < 1.29 is 9.32 Å². The molecule has 0 spiro atoms. The standard InChI is InChI=1S/C12H14ClN5O2/c1-4-8-14-5-7(13)9(16-8)10(19)17-12(2,3)11-15-6-20-18-11/h5-6H,4H2,1-3H3,(H,17,19). The van der Waals surface area contributed by atoms with Gasteiger partial charge < -0.3 is 9.84 Å². The van der Waals surface area contributed by atoms with Gasteiger partial charge in [-0.15, -0.1) is 0 Å². The molecule has 0 atom stereocenters. The summed E-state index contributed by atoms with van der Waals surface area (Å²) in [6.07, 6.45) is 3.24. The number of halogens is 1. The Hall–Kier alpha value is -2.02. The van der Waals surface area contributed by atoms with Gasteiger partial charge in [0, 0.05) is 6.42 Å². The van der Waals surface area contributed by atoms with E-state index in [1.54, 1.807) is 13.8 Å². The van der Waals surface area contributed by atoms with Crippen LogP contribution in [0.25, 0.3) is 0 Å². The first-order valence-electron chi connectivity index (χ1n) is 6.05. The van der Waals surface area contributed by atoms with Crippen LogP contribution in [0.4, 0.5) is 0 Å². The van der Waals surface area contributed by atoms with Crippen LogP contribution in [0.2, 0.25) is 5.02 Å². The molecule has 0 aromatic carbocycles. The Kier molecular flexibility index (Phi) is 3.99. The first-order chi connectivity index (χ1) is 9.44. The summed E-state index contributed by atoms with van der Waals surface area (Å²) < 4.78 is 4.68. The number of rotatable bonds is 4. The van der Waals surface area contributed by atoms with E-state index in [0.717, 1.165) is 0 Å². The van der Waals surface area contributed by atoms with Gasteiger partial charge in [0.05, 0.1) is 16.8 Å². The predicted octanol–water partition coefficient (Wildman–Crippen LogP) is 1.74. The van der Waals surface area contributed by atoms with Crippen molar-refractivity contribution in [3.05, 3.63) is 35.0 Å². The molecular formula is C12H14ClN5O2. The van der Waals surface area contributed by atoms with Crippen LogP contribution >= 0.6 is 11.6 Å². The van der Waals surface area contributed by atoms with Gasteiger partial charge in [0.1, 0.15) is 11.5 Å². The molecule has 2 aromatic heterocycles. The molecule has 0 aliphatic heterocycles. The maximum absolute atomic E-state index is 12.3. The molecule has 0 radical (unpaired) electrons. The summed E-state index contributed by atoms with van der Waals surface area (Å²) in [5, 5.41) is 6.69. The zero-order valence-electron chi connectivity index (χ0n) is 11.3. The highest BCUT2D eigenvalue weighted by molar-refractivity contribution is 6.33. The molecule has 2 heterocycles. The van der Waals surface area contributed by atoms with E-state index in [1.807, 2.05) is 6.92 Å². The molecule has 106 valence electrons. The molecule has 0 saturated carbocycles. The van der Waals surface area contributed by atoms with Crippen molar-refractivity contribution in [3.63, 3.8) is 0 Å². The van der Waals surface area contributed by atoms with Crippen molar-refractivity contribution in [2.24, 2.45) is 0 Å². The Morgan fingerprint density at radius 2 is 2.20 bits per heavy atom. The number of carbonyl (C=O) groups excluding carboxylic acids is 1. The molecule has 2 aromatic rings. The third-order valence-electron chi connectivity index (χ3n) is 2.67. The molecule has 1 amide bonds. The van der Waals surface area contributed by atoms with Crippen LogP contribution in [0.5, 0.6) is 0 Å². The minimum absolute atomic E-state index is 0.134. The van der Waals surface area contributed by atoms with Gasteiger partial charge in [0.15, 0.2) is 5.82 Å². The number of nitrogens with zero attached hydrogens (tertiary/aromatic N) is 4. The normalized spacial score (nSPS) is 11.4. The highest BCUT2D eigenvalue weighted by atomic mass is 35.5. The molecule has 7 nitrogen and oxygen atoms in total. The molecule has 0 aliphatic rings. The van der Waals surface area contributed by atoms with Gasteiger partial charge in [-0.05, 0) is 13.8 Å². The SMILES string of the molecule is CCc1ncc(Cl)c(C(=O)NC(C)(C)c2ncon2)n1. The van der Waals surface area contributed by atoms with Crippen molar-refractivity contribution in [1.29, 1.82) is 0 Å². The van der Waals surface area contributed by atoms with Gasteiger partial charge in [0.2, 0.25) is 6.39 Å². The van der Waals surface area contributed by atoms with Gasteiger partial charge in [-0.1, -0.05) is 23.7 Å². The summed E-state index contributed by atoms with van der Waals surface area (Å²) in [5.74, 6) is 0.505. The molecule has 0 saturated heterocycles. The van der Waals surface area contributed by atoms with Gasteiger partial charge in [-0.2, -0.15) is 4.98 Å². The van der Waals surface area contributed by atoms with E-state index in [-0.39, 0.29) is 10.7 Å². The summed E-state index contributed by atoms with van der Waals surface area (Å²) in [7, 11) is 0. The smallest absolute Gasteiger partial charge is 0.272 e. The quantitative estimate of drug-likeness (QED) is 0.923. The molecule has 0 aliphatic carbocycles. The largest absolute Gasteiger partial charge is 0.343 e. The van der Waals surface area contributed by atoms with Crippen molar-refractivity contribution in [3.8, 4) is 0 Å². The van der Waals surface area contributed by atoms with Crippen LogP contribution in [0.3, 0.4) is 0 Å². The van der Waals surface area contributed by atoms with Gasteiger partial charge in [0.25, 0.3) is 5.91 Å². The average Bonchev–Trinajstić information content (AvgIpc) is 2.93. The highest BCUT2D eigenvalue weighted by Crippen LogP contribution is 2.18. The number of aryl methyl sites for hydroxylation is 1. The van der Waals surface area contributed by atoms with E-state index >= 15 is 0 Å². The third-order valence-corrected chi connectivity index (χ3v) is 2.95. The summed E-state index contributed by atoms with van der Waals surface area (Å²) in [5.41, 5.74) is -0.667. The molecule has 8 heteroatoms. The average molecular weight is 296 g/mol. The summed E-state index contributed by atoms with van der Waals surface area (Å²) in [6, 6.07) is 0. The number of aromatic nitrogens is 4. The lowest BCUT2D eigenvalue weighted by atomic mass is 10.0. The van der Waals surface area contributed by atoms with Crippen molar-refractivity contribution in [2.75, 3.05) is 0 Å². The van der Waals surface area contributed by atoms with Crippen LogP contribution in [0.15, 0.2) is 17.1 Å². The monoisotopic (exact) mass is 295 g/mol. The van der Waals surface area contributed by atoms with E-state index in [1.165, 1.54) is 12.6 Å². The minimum Gasteiger partial charge on any atom is -0.343 e. The predicted molar refractivity (Wildman–Crippen MR) is 71.2 cm³/mol. The van der Waals surface area contributed by atoms with E-state index < -0.39 is 11.4 Å². The van der Waals surface area contributed by atoms with Gasteiger partial charge >= 0.3 is 0 Å². The Morgan fingerprint density at radius 1 is 1.45 bits per heavy atom. The molecule has 1 N–H and O–H groups in total. The molecule has 2 rings (SSSR count). The first kappa shape index (κ1) is 14.4. The fraction of sp³-hybridized carbons (Fsp3) is 0.417. The Labute approximate surface area is 120 Å². The fourth-order valence-corrected chi connectivity index (χ4v) is 1.76. The lowest BCUT2D eigenvalue weighted by Gasteiger charge is -2.22. The van der Waals surface area contributed by atoms with E-state index in [4.69, 9.17) is 11.6 Å². The molecule has 20 heavy (non-hydrogen) atoms. The van der Waals surface area contributed by atoms with Crippen LogP contribution in [0, 0.1) is 0 Å². The second-order valence-corrected chi connectivity index (χ2v) is 5.08. The maximum Gasteiger partial charge on any atom is 0.272 e. The number of carbonyl (C=O) groups is 1. The fourth-order valence-electron chi connectivity index (χ4n) is 1.58. The topological polar surface area (TPSA) is 93.8 Å². The Bertz CT molecular complexity index is 612.